The fraction of sp³-hybridized carbons (Fsp3) is 0.500. The van der Waals surface area contributed by atoms with Crippen molar-refractivity contribution in [1.29, 1.82) is 5.41 Å². The van der Waals surface area contributed by atoms with Crippen LogP contribution < -0.4 is 5.32 Å². The third-order valence-electron chi connectivity index (χ3n) is 0.572. The molecule has 0 saturated heterocycles. The number of hydrogen-bond donors (Lipinski definition) is 2. The molecule has 46 valence electrons. The lowest BCUT2D eigenvalue weighted by atomic mass is 10.5. The van der Waals surface area contributed by atoms with Gasteiger partial charge in [0.05, 0.1) is 3.72 Å². The van der Waals surface area contributed by atoms with E-state index in [9.17, 15) is 4.79 Å². The highest BCUT2D eigenvalue weighted by atomic mass is 127. The zero-order valence-electron chi connectivity index (χ0n) is 4.28. The Balaban J connectivity index is 2.93. The first-order chi connectivity index (χ1) is 3.77. The van der Waals surface area contributed by atoms with Crippen molar-refractivity contribution in [2.45, 2.75) is 6.42 Å². The second-order valence-electron chi connectivity index (χ2n) is 1.23. The summed E-state index contributed by atoms with van der Waals surface area (Å²) >= 11 is 1.91. The maximum atomic E-state index is 9.60. The van der Waals surface area contributed by atoms with E-state index >= 15 is 0 Å². The van der Waals surface area contributed by atoms with Gasteiger partial charge in [-0.1, -0.05) is 0 Å². The lowest BCUT2D eigenvalue weighted by Crippen LogP contribution is -2.13. The molecule has 0 aromatic carbocycles. The molecule has 4 heteroatoms. The third kappa shape index (κ3) is 5.87. The van der Waals surface area contributed by atoms with Crippen molar-refractivity contribution in [3.63, 3.8) is 0 Å². The summed E-state index contributed by atoms with van der Waals surface area (Å²) in [4.78, 5) is 9.60. The molecule has 0 spiro atoms. The minimum atomic E-state index is 0.567. The van der Waals surface area contributed by atoms with Crippen LogP contribution in [0.1, 0.15) is 6.42 Å². The van der Waals surface area contributed by atoms with Crippen molar-refractivity contribution < 1.29 is 4.79 Å². The molecule has 0 atom stereocenters. The minimum Gasteiger partial charge on any atom is -0.358 e. The molecular weight excluding hydrogens is 219 g/mol. The van der Waals surface area contributed by atoms with Crippen LogP contribution in [0.2, 0.25) is 0 Å². The van der Waals surface area contributed by atoms with Crippen LogP contribution in [0.5, 0.6) is 0 Å². The van der Waals surface area contributed by atoms with Gasteiger partial charge in [-0.3, -0.25) is 10.2 Å². The van der Waals surface area contributed by atoms with Crippen LogP contribution in [-0.2, 0) is 4.79 Å². The van der Waals surface area contributed by atoms with E-state index in [1.165, 1.54) is 0 Å². The molecule has 0 aliphatic heterocycles. The van der Waals surface area contributed by atoms with Gasteiger partial charge < -0.3 is 5.32 Å². The van der Waals surface area contributed by atoms with Gasteiger partial charge in [0.2, 0.25) is 6.41 Å². The van der Waals surface area contributed by atoms with Gasteiger partial charge in [0.25, 0.3) is 0 Å². The van der Waals surface area contributed by atoms with Crippen molar-refractivity contribution in [1.82, 2.24) is 5.32 Å². The number of hydrogen-bond acceptors (Lipinski definition) is 2. The zero-order chi connectivity index (χ0) is 6.41. The summed E-state index contributed by atoms with van der Waals surface area (Å²) < 4.78 is 0.567. The van der Waals surface area contributed by atoms with E-state index in [0.29, 0.717) is 23.1 Å². The Kier molecular flexibility index (Phi) is 4.93. The Morgan fingerprint density at radius 2 is 2.50 bits per heavy atom. The first-order valence-electron chi connectivity index (χ1n) is 2.17. The standard InChI is InChI=1S/C4H7IN2O/c5-4(6)1-2-7-3-8/h3,6H,1-2H2,(H,7,8). The highest BCUT2D eigenvalue weighted by molar-refractivity contribution is 14.1. The lowest BCUT2D eigenvalue weighted by molar-refractivity contribution is -0.109. The normalized spacial score (nSPS) is 8.12. The average molecular weight is 226 g/mol. The maximum Gasteiger partial charge on any atom is 0.207 e. The van der Waals surface area contributed by atoms with Crippen molar-refractivity contribution in [2.75, 3.05) is 6.54 Å². The van der Waals surface area contributed by atoms with Gasteiger partial charge in [0.15, 0.2) is 0 Å². The first-order valence-corrected chi connectivity index (χ1v) is 3.25. The molecule has 8 heavy (non-hydrogen) atoms. The molecule has 0 saturated carbocycles. The predicted molar refractivity (Wildman–Crippen MR) is 40.4 cm³/mol. The van der Waals surface area contributed by atoms with E-state index < -0.39 is 0 Å². The molecule has 0 bridgehead atoms. The predicted octanol–water partition coefficient (Wildman–Crippen LogP) is 0.535. The smallest absolute Gasteiger partial charge is 0.207 e. The van der Waals surface area contributed by atoms with Gasteiger partial charge in [-0.05, 0) is 22.6 Å². The third-order valence-corrected chi connectivity index (χ3v) is 1.11. The van der Waals surface area contributed by atoms with Gasteiger partial charge in [0, 0.05) is 13.0 Å². The summed E-state index contributed by atoms with van der Waals surface area (Å²) in [6.45, 7) is 0.575. The first kappa shape index (κ1) is 7.87. The summed E-state index contributed by atoms with van der Waals surface area (Å²) in [5, 5.41) is 9.36. The number of rotatable bonds is 4. The molecule has 0 aliphatic rings. The molecule has 0 aromatic heterocycles. The minimum absolute atomic E-state index is 0.567. The molecule has 0 fully saturated rings. The molecule has 3 nitrogen and oxygen atoms in total. The van der Waals surface area contributed by atoms with Crippen molar-refractivity contribution in [2.24, 2.45) is 0 Å². The Morgan fingerprint density at radius 3 is 2.88 bits per heavy atom. The molecule has 0 aromatic rings. The monoisotopic (exact) mass is 226 g/mol. The number of nitrogens with one attached hydrogen (secondary N) is 2. The van der Waals surface area contributed by atoms with Gasteiger partial charge in [-0.2, -0.15) is 0 Å². The zero-order valence-corrected chi connectivity index (χ0v) is 6.44. The van der Waals surface area contributed by atoms with Gasteiger partial charge in [0.1, 0.15) is 0 Å². The molecule has 0 heterocycles. The summed E-state index contributed by atoms with van der Waals surface area (Å²) in [5.41, 5.74) is 0. The van der Waals surface area contributed by atoms with Crippen molar-refractivity contribution in [3.8, 4) is 0 Å². The lowest BCUT2D eigenvalue weighted by Gasteiger charge is -1.91. The van der Waals surface area contributed by atoms with Crippen LogP contribution in [0, 0.1) is 5.41 Å². The maximum absolute atomic E-state index is 9.60. The Labute approximate surface area is 61.5 Å². The molecule has 1 amide bonds. The largest absolute Gasteiger partial charge is 0.358 e. The molecular formula is C4H7IN2O. The second kappa shape index (κ2) is 5.02. The fourth-order valence-electron chi connectivity index (χ4n) is 0.241. The van der Waals surface area contributed by atoms with Crippen LogP contribution in [0.25, 0.3) is 0 Å². The summed E-state index contributed by atoms with van der Waals surface area (Å²) in [6.07, 6.45) is 1.28. The summed E-state index contributed by atoms with van der Waals surface area (Å²) in [5.74, 6) is 0. The van der Waals surface area contributed by atoms with E-state index in [-0.39, 0.29) is 0 Å². The van der Waals surface area contributed by atoms with E-state index in [4.69, 9.17) is 5.41 Å². The van der Waals surface area contributed by atoms with E-state index in [1.807, 2.05) is 22.6 Å². The van der Waals surface area contributed by atoms with Crippen molar-refractivity contribution in [3.05, 3.63) is 0 Å². The number of carbonyl (C=O) groups is 1. The molecule has 0 radical (unpaired) electrons. The second-order valence-corrected chi connectivity index (χ2v) is 2.53. The molecule has 2 N–H and O–H groups in total. The van der Waals surface area contributed by atoms with Crippen LogP contribution in [0.3, 0.4) is 0 Å². The quantitative estimate of drug-likeness (QED) is 0.312. The number of amides is 1. The molecule has 0 aliphatic carbocycles. The van der Waals surface area contributed by atoms with Crippen LogP contribution in [0.15, 0.2) is 0 Å². The SMILES string of the molecule is N=C(I)CCNC=O. The Bertz CT molecular complexity index is 94.0. The van der Waals surface area contributed by atoms with Gasteiger partial charge in [-0.25, -0.2) is 0 Å². The number of halogens is 1. The van der Waals surface area contributed by atoms with Crippen LogP contribution in [0.4, 0.5) is 0 Å². The van der Waals surface area contributed by atoms with E-state index in [2.05, 4.69) is 5.32 Å². The Morgan fingerprint density at radius 1 is 1.88 bits per heavy atom. The highest BCUT2D eigenvalue weighted by Crippen LogP contribution is 1.89. The van der Waals surface area contributed by atoms with Crippen LogP contribution >= 0.6 is 22.6 Å². The van der Waals surface area contributed by atoms with Crippen molar-refractivity contribution >= 4 is 32.7 Å². The summed E-state index contributed by atoms with van der Waals surface area (Å²) in [7, 11) is 0. The van der Waals surface area contributed by atoms with E-state index in [1.54, 1.807) is 0 Å². The highest BCUT2D eigenvalue weighted by Gasteiger charge is 1.86. The fourth-order valence-corrected chi connectivity index (χ4v) is 0.511. The van der Waals surface area contributed by atoms with Gasteiger partial charge >= 0.3 is 0 Å². The van der Waals surface area contributed by atoms with E-state index in [0.717, 1.165) is 0 Å². The van der Waals surface area contributed by atoms with Crippen LogP contribution in [-0.4, -0.2) is 16.7 Å². The van der Waals surface area contributed by atoms with Gasteiger partial charge in [-0.15, -0.1) is 0 Å². The average Bonchev–Trinajstić information content (AvgIpc) is 1.66. The number of carbonyl (C=O) groups excluding carboxylic acids is 1. The molecule has 0 rings (SSSR count). The Hall–Kier alpha value is -0.130. The molecule has 0 unspecified atom stereocenters. The topological polar surface area (TPSA) is 53.0 Å². The summed E-state index contributed by atoms with van der Waals surface area (Å²) in [6, 6.07) is 0.